The maximum absolute atomic E-state index is 13.1. The third-order valence-electron chi connectivity index (χ3n) is 11.1. The summed E-state index contributed by atoms with van der Waals surface area (Å²) in [6.07, 6.45) is 22.6. The summed E-state index contributed by atoms with van der Waals surface area (Å²) in [7, 11) is 0. The Bertz CT molecular complexity index is 1070. The van der Waals surface area contributed by atoms with Crippen LogP contribution in [-0.4, -0.2) is 23.9 Å². The lowest BCUT2D eigenvalue weighted by Gasteiger charge is -2.31. The number of amides is 2. The molecular formula is C40H62N2O2. The Morgan fingerprint density at radius 1 is 0.614 bits per heavy atom. The van der Waals surface area contributed by atoms with Gasteiger partial charge in [-0.25, -0.2) is 0 Å². The van der Waals surface area contributed by atoms with Crippen molar-refractivity contribution in [2.24, 2.45) is 23.7 Å². The van der Waals surface area contributed by atoms with Crippen molar-refractivity contribution in [2.75, 3.05) is 0 Å². The fraction of sp³-hybridized carbons (Fsp3) is 0.700. The van der Waals surface area contributed by atoms with Crippen LogP contribution in [-0.2, 0) is 0 Å². The van der Waals surface area contributed by atoms with Gasteiger partial charge in [0.05, 0.1) is 0 Å². The third-order valence-corrected chi connectivity index (χ3v) is 11.1. The Morgan fingerprint density at radius 2 is 1.00 bits per heavy atom. The summed E-state index contributed by atoms with van der Waals surface area (Å²) in [5.41, 5.74) is 1.42. The zero-order chi connectivity index (χ0) is 31.3. The predicted octanol–water partition coefficient (Wildman–Crippen LogP) is 10.6. The van der Waals surface area contributed by atoms with Gasteiger partial charge in [0.25, 0.3) is 11.8 Å². The number of hydrogen-bond acceptors (Lipinski definition) is 2. The molecule has 2 aliphatic carbocycles. The number of unbranched alkanes of at least 4 members (excludes halogenated alkanes) is 2. The highest BCUT2D eigenvalue weighted by Gasteiger charge is 2.26. The number of nitrogens with one attached hydrogen (secondary N) is 2. The molecule has 0 bridgehead atoms. The van der Waals surface area contributed by atoms with Crippen LogP contribution >= 0.6 is 0 Å². The standard InChI is InChI=1S/C40H62N2O2/c1-5-9-11-29(7-3)25-31-13-21-37(22-14-31)41-39(43)35-19-17-34-28-36(20-18-33(34)27-35)40(44)42-38-23-15-32(16-24-38)26-30(8-4)12-10-6-2/h17-20,27-32,37-38H,5-16,21-26H2,1-4H3,(H,41,43)(H,42,44). The van der Waals surface area contributed by atoms with Crippen LogP contribution in [0, 0.1) is 23.7 Å². The molecule has 0 aromatic heterocycles. The Labute approximate surface area is 268 Å². The van der Waals surface area contributed by atoms with Crippen molar-refractivity contribution in [2.45, 2.75) is 155 Å². The molecule has 2 aromatic rings. The van der Waals surface area contributed by atoms with Gasteiger partial charge in [-0.2, -0.15) is 0 Å². The molecule has 0 aliphatic heterocycles. The van der Waals surface area contributed by atoms with Gasteiger partial charge in [-0.3, -0.25) is 9.59 Å². The summed E-state index contributed by atoms with van der Waals surface area (Å²) in [5, 5.41) is 8.65. The van der Waals surface area contributed by atoms with Crippen LogP contribution in [0.2, 0.25) is 0 Å². The molecule has 2 aromatic carbocycles. The van der Waals surface area contributed by atoms with Gasteiger partial charge in [0.15, 0.2) is 0 Å². The maximum Gasteiger partial charge on any atom is 0.251 e. The molecular weight excluding hydrogens is 540 g/mol. The molecule has 4 rings (SSSR count). The molecule has 2 amide bonds. The second-order valence-electron chi connectivity index (χ2n) is 14.5. The van der Waals surface area contributed by atoms with Gasteiger partial charge in [-0.15, -0.1) is 0 Å². The molecule has 0 saturated heterocycles. The summed E-state index contributed by atoms with van der Waals surface area (Å²) >= 11 is 0. The van der Waals surface area contributed by atoms with Crippen LogP contribution < -0.4 is 10.6 Å². The zero-order valence-electron chi connectivity index (χ0n) is 28.5. The fourth-order valence-electron chi connectivity index (χ4n) is 8.06. The molecule has 2 fully saturated rings. The summed E-state index contributed by atoms with van der Waals surface area (Å²) in [6, 6.07) is 12.3. The molecule has 44 heavy (non-hydrogen) atoms. The van der Waals surface area contributed by atoms with E-state index in [0.717, 1.165) is 60.1 Å². The van der Waals surface area contributed by atoms with E-state index in [-0.39, 0.29) is 23.9 Å². The second-order valence-corrected chi connectivity index (χ2v) is 14.5. The van der Waals surface area contributed by atoms with Crippen LogP contribution in [0.1, 0.15) is 164 Å². The summed E-state index contributed by atoms with van der Waals surface area (Å²) in [6.45, 7) is 9.26. The predicted molar refractivity (Wildman–Crippen MR) is 186 cm³/mol. The minimum Gasteiger partial charge on any atom is -0.349 e. The van der Waals surface area contributed by atoms with Crippen LogP contribution in [0.15, 0.2) is 36.4 Å². The first-order valence-electron chi connectivity index (χ1n) is 18.6. The number of carbonyl (C=O) groups is 2. The van der Waals surface area contributed by atoms with Crippen molar-refractivity contribution in [3.05, 3.63) is 47.5 Å². The van der Waals surface area contributed by atoms with E-state index in [1.165, 1.54) is 89.9 Å². The molecule has 2 saturated carbocycles. The van der Waals surface area contributed by atoms with Crippen LogP contribution in [0.5, 0.6) is 0 Å². The van der Waals surface area contributed by atoms with Crippen molar-refractivity contribution < 1.29 is 9.59 Å². The van der Waals surface area contributed by atoms with E-state index in [0.29, 0.717) is 11.1 Å². The van der Waals surface area contributed by atoms with Gasteiger partial charge in [-0.05, 0) is 123 Å². The average Bonchev–Trinajstić information content (AvgIpc) is 3.05. The summed E-state index contributed by atoms with van der Waals surface area (Å²) in [5.74, 6) is 3.43. The molecule has 244 valence electrons. The zero-order valence-corrected chi connectivity index (χ0v) is 28.5. The van der Waals surface area contributed by atoms with E-state index in [9.17, 15) is 9.59 Å². The Kier molecular flexibility index (Phi) is 14.1. The van der Waals surface area contributed by atoms with Gasteiger partial charge < -0.3 is 10.6 Å². The fourth-order valence-corrected chi connectivity index (χ4v) is 8.06. The third kappa shape index (κ3) is 10.3. The Hall–Kier alpha value is -2.36. The molecule has 2 aliphatic rings. The number of rotatable bonds is 16. The van der Waals surface area contributed by atoms with Crippen molar-refractivity contribution in [1.82, 2.24) is 10.6 Å². The highest BCUT2D eigenvalue weighted by atomic mass is 16.2. The first kappa shape index (κ1) is 34.5. The van der Waals surface area contributed by atoms with Crippen LogP contribution in [0.25, 0.3) is 10.8 Å². The monoisotopic (exact) mass is 602 g/mol. The van der Waals surface area contributed by atoms with Crippen LogP contribution in [0.4, 0.5) is 0 Å². The van der Waals surface area contributed by atoms with Crippen molar-refractivity contribution in [3.8, 4) is 0 Å². The minimum absolute atomic E-state index is 0.0257. The quantitative estimate of drug-likeness (QED) is 0.201. The molecule has 2 N–H and O–H groups in total. The lowest BCUT2D eigenvalue weighted by molar-refractivity contribution is 0.0910. The lowest BCUT2D eigenvalue weighted by atomic mass is 9.79. The molecule has 0 spiro atoms. The van der Waals surface area contributed by atoms with E-state index in [2.05, 4.69) is 38.3 Å². The second kappa shape index (κ2) is 18.0. The number of fused-ring (bicyclic) bond motifs is 1. The van der Waals surface area contributed by atoms with E-state index in [1.54, 1.807) is 0 Å². The van der Waals surface area contributed by atoms with Gasteiger partial charge in [0, 0.05) is 23.2 Å². The van der Waals surface area contributed by atoms with E-state index >= 15 is 0 Å². The first-order chi connectivity index (χ1) is 21.4. The average molecular weight is 603 g/mol. The first-order valence-corrected chi connectivity index (χ1v) is 18.6. The SMILES string of the molecule is CCCCC(CC)CC1CCC(NC(=O)c2ccc3cc(C(=O)NC4CCC(CC(CC)CCCC)CC4)ccc3c2)CC1. The van der Waals surface area contributed by atoms with Gasteiger partial charge in [0.1, 0.15) is 0 Å². The largest absolute Gasteiger partial charge is 0.349 e. The normalized spacial score (nSPS) is 23.6. The smallest absolute Gasteiger partial charge is 0.251 e. The van der Waals surface area contributed by atoms with Crippen molar-refractivity contribution in [3.63, 3.8) is 0 Å². The van der Waals surface area contributed by atoms with Crippen LogP contribution in [0.3, 0.4) is 0 Å². The minimum atomic E-state index is 0.0257. The number of hydrogen-bond donors (Lipinski definition) is 2. The molecule has 0 radical (unpaired) electrons. The van der Waals surface area contributed by atoms with E-state index in [4.69, 9.17) is 0 Å². The van der Waals surface area contributed by atoms with Crippen molar-refractivity contribution in [1.29, 1.82) is 0 Å². The molecule has 4 nitrogen and oxygen atoms in total. The highest BCUT2D eigenvalue weighted by Crippen LogP contribution is 2.34. The molecule has 4 heteroatoms. The summed E-state index contributed by atoms with van der Waals surface area (Å²) < 4.78 is 0. The highest BCUT2D eigenvalue weighted by molar-refractivity contribution is 6.02. The van der Waals surface area contributed by atoms with E-state index < -0.39 is 0 Å². The molecule has 2 unspecified atom stereocenters. The topological polar surface area (TPSA) is 58.2 Å². The number of carbonyl (C=O) groups excluding carboxylic acids is 2. The molecule has 2 atom stereocenters. The maximum atomic E-state index is 13.1. The van der Waals surface area contributed by atoms with Gasteiger partial charge >= 0.3 is 0 Å². The van der Waals surface area contributed by atoms with E-state index in [1.807, 2.05) is 36.4 Å². The Morgan fingerprint density at radius 3 is 1.34 bits per heavy atom. The van der Waals surface area contributed by atoms with Gasteiger partial charge in [0.2, 0.25) is 0 Å². The Balaban J connectivity index is 1.23. The number of benzene rings is 2. The lowest BCUT2D eigenvalue weighted by Crippen LogP contribution is -2.38. The molecule has 0 heterocycles. The summed E-state index contributed by atoms with van der Waals surface area (Å²) in [4.78, 5) is 26.3. The van der Waals surface area contributed by atoms with Gasteiger partial charge in [-0.1, -0.05) is 91.2 Å². The van der Waals surface area contributed by atoms with Crippen molar-refractivity contribution >= 4 is 22.6 Å².